The lowest BCUT2D eigenvalue weighted by Gasteiger charge is -2.32. The van der Waals surface area contributed by atoms with Gasteiger partial charge < -0.3 is 19.9 Å². The average molecular weight is 315 g/mol. The third-order valence-corrected chi connectivity index (χ3v) is 5.53. The normalized spacial score (nSPS) is 27.2. The maximum Gasteiger partial charge on any atom is 0.407 e. The number of aromatic amines is 1. The smallest absolute Gasteiger partial charge is 0.407 e. The van der Waals surface area contributed by atoms with Crippen molar-refractivity contribution in [2.75, 3.05) is 25.0 Å². The molecule has 3 unspecified atom stereocenters. The molecule has 3 heterocycles. The molecule has 2 fully saturated rings. The first kappa shape index (κ1) is 14.3. The Kier molecular flexibility index (Phi) is 3.36. The number of hydrogen-bond acceptors (Lipinski definition) is 4. The number of carbonyl (C=O) groups is 1. The van der Waals surface area contributed by atoms with E-state index in [1.165, 1.54) is 0 Å². The van der Waals surface area contributed by atoms with Crippen LogP contribution in [0.4, 0.5) is 10.6 Å². The lowest BCUT2D eigenvalue weighted by Crippen LogP contribution is -2.41. The fourth-order valence-corrected chi connectivity index (χ4v) is 4.26. The predicted octanol–water partition coefficient (Wildman–Crippen LogP) is 2.17. The highest BCUT2D eigenvalue weighted by Gasteiger charge is 2.41. The van der Waals surface area contributed by atoms with Crippen LogP contribution in [0.5, 0.6) is 0 Å². The van der Waals surface area contributed by atoms with Crippen molar-refractivity contribution in [2.24, 2.45) is 11.8 Å². The van der Waals surface area contributed by atoms with E-state index in [1.54, 1.807) is 11.2 Å². The van der Waals surface area contributed by atoms with E-state index in [-0.39, 0.29) is 0 Å². The zero-order valence-corrected chi connectivity index (χ0v) is 13.1. The highest BCUT2D eigenvalue weighted by Crippen LogP contribution is 2.41. The first-order valence-corrected chi connectivity index (χ1v) is 8.12. The van der Waals surface area contributed by atoms with Gasteiger partial charge in [-0.2, -0.15) is 0 Å². The van der Waals surface area contributed by atoms with Crippen molar-refractivity contribution in [3.05, 3.63) is 18.6 Å². The Morgan fingerprint density at radius 3 is 3.04 bits per heavy atom. The molecule has 2 aromatic heterocycles. The molecule has 2 aromatic rings. The minimum absolute atomic E-state index is 0.409. The summed E-state index contributed by atoms with van der Waals surface area (Å²) in [7, 11) is 2.09. The van der Waals surface area contributed by atoms with Crippen molar-refractivity contribution < 1.29 is 9.90 Å². The number of carboxylic acid groups (broad SMARTS) is 1. The first-order chi connectivity index (χ1) is 11.1. The van der Waals surface area contributed by atoms with Gasteiger partial charge in [0.1, 0.15) is 17.8 Å². The van der Waals surface area contributed by atoms with Gasteiger partial charge in [0, 0.05) is 32.4 Å². The topological polar surface area (TPSA) is 85.4 Å². The van der Waals surface area contributed by atoms with Crippen LogP contribution in [0.25, 0.3) is 11.0 Å². The van der Waals surface area contributed by atoms with Gasteiger partial charge in [-0.15, -0.1) is 0 Å². The molecule has 0 radical (unpaired) electrons. The van der Waals surface area contributed by atoms with Crippen LogP contribution in [-0.4, -0.2) is 57.2 Å². The first-order valence-electron chi connectivity index (χ1n) is 8.12. The molecule has 1 saturated carbocycles. The number of likely N-dealkylation sites (tertiary alicyclic amines) is 1. The molecule has 7 heteroatoms. The number of piperidine rings is 1. The van der Waals surface area contributed by atoms with E-state index >= 15 is 0 Å². The molecule has 122 valence electrons. The van der Waals surface area contributed by atoms with Gasteiger partial charge in [-0.05, 0) is 37.2 Å². The van der Waals surface area contributed by atoms with Gasteiger partial charge >= 0.3 is 6.09 Å². The third kappa shape index (κ3) is 2.40. The minimum atomic E-state index is -0.787. The molecule has 2 aliphatic rings. The van der Waals surface area contributed by atoms with Gasteiger partial charge in [0.25, 0.3) is 0 Å². The fourth-order valence-electron chi connectivity index (χ4n) is 4.26. The number of rotatable bonds is 2. The summed E-state index contributed by atoms with van der Waals surface area (Å²) in [5.74, 6) is 2.05. The number of nitrogens with zero attached hydrogens (tertiary/aromatic N) is 4. The molecular formula is C16H21N5O2. The van der Waals surface area contributed by atoms with Crippen molar-refractivity contribution in [3.63, 3.8) is 0 Å². The Bertz CT molecular complexity index is 730. The second-order valence-corrected chi connectivity index (χ2v) is 6.71. The van der Waals surface area contributed by atoms with Gasteiger partial charge in [0.2, 0.25) is 0 Å². The largest absolute Gasteiger partial charge is 0.465 e. The fraction of sp³-hybridized carbons (Fsp3) is 0.562. The van der Waals surface area contributed by atoms with Crippen LogP contribution in [0, 0.1) is 11.8 Å². The van der Waals surface area contributed by atoms with Crippen LogP contribution in [-0.2, 0) is 0 Å². The van der Waals surface area contributed by atoms with Gasteiger partial charge in [0.05, 0.1) is 5.39 Å². The molecule has 7 nitrogen and oxygen atoms in total. The van der Waals surface area contributed by atoms with Crippen LogP contribution in [0.15, 0.2) is 18.6 Å². The molecule has 2 N–H and O–H groups in total. The molecule has 4 rings (SSSR count). The van der Waals surface area contributed by atoms with Crippen molar-refractivity contribution >= 4 is 22.9 Å². The van der Waals surface area contributed by atoms with Crippen LogP contribution in [0.3, 0.4) is 0 Å². The quantitative estimate of drug-likeness (QED) is 0.887. The SMILES string of the molecule is CN(c1ncnc2[nH]ccc12)C1CC2CCN(C(=O)O)CC2C1. The molecule has 1 amide bonds. The minimum Gasteiger partial charge on any atom is -0.465 e. The van der Waals surface area contributed by atoms with Gasteiger partial charge in [-0.1, -0.05) is 0 Å². The molecule has 1 aliphatic carbocycles. The van der Waals surface area contributed by atoms with E-state index in [2.05, 4.69) is 26.9 Å². The van der Waals surface area contributed by atoms with Gasteiger partial charge in [-0.3, -0.25) is 0 Å². The Hall–Kier alpha value is -2.31. The van der Waals surface area contributed by atoms with Crippen LogP contribution >= 0.6 is 0 Å². The van der Waals surface area contributed by atoms with Crippen molar-refractivity contribution in [3.8, 4) is 0 Å². The summed E-state index contributed by atoms with van der Waals surface area (Å²) in [6, 6.07) is 2.42. The summed E-state index contributed by atoms with van der Waals surface area (Å²) in [5, 5.41) is 10.2. The van der Waals surface area contributed by atoms with Crippen LogP contribution < -0.4 is 4.90 Å². The number of amides is 1. The number of aromatic nitrogens is 3. The van der Waals surface area contributed by atoms with Crippen LogP contribution in [0.1, 0.15) is 19.3 Å². The highest BCUT2D eigenvalue weighted by molar-refractivity contribution is 5.87. The molecule has 0 bridgehead atoms. The van der Waals surface area contributed by atoms with Crippen molar-refractivity contribution in [1.82, 2.24) is 19.9 Å². The van der Waals surface area contributed by atoms with E-state index in [1.807, 2.05) is 12.3 Å². The Balaban J connectivity index is 1.53. The summed E-state index contributed by atoms with van der Waals surface area (Å²) in [6.45, 7) is 1.34. The number of anilines is 1. The van der Waals surface area contributed by atoms with Crippen LogP contribution in [0.2, 0.25) is 0 Å². The third-order valence-electron chi connectivity index (χ3n) is 5.53. The lowest BCUT2D eigenvalue weighted by molar-refractivity contribution is 0.106. The summed E-state index contributed by atoms with van der Waals surface area (Å²) < 4.78 is 0. The van der Waals surface area contributed by atoms with E-state index < -0.39 is 6.09 Å². The lowest BCUT2D eigenvalue weighted by atomic mass is 9.89. The van der Waals surface area contributed by atoms with Crippen molar-refractivity contribution in [1.29, 1.82) is 0 Å². The van der Waals surface area contributed by atoms with E-state index in [9.17, 15) is 9.90 Å². The van der Waals surface area contributed by atoms with Gasteiger partial charge in [-0.25, -0.2) is 14.8 Å². The molecule has 3 atom stereocenters. The Morgan fingerprint density at radius 1 is 1.39 bits per heavy atom. The van der Waals surface area contributed by atoms with E-state index in [4.69, 9.17) is 0 Å². The summed E-state index contributed by atoms with van der Waals surface area (Å²) >= 11 is 0. The number of H-pyrrole nitrogens is 1. The summed E-state index contributed by atoms with van der Waals surface area (Å²) in [5.41, 5.74) is 0.856. The van der Waals surface area contributed by atoms with E-state index in [0.717, 1.165) is 36.1 Å². The molecule has 1 aliphatic heterocycles. The average Bonchev–Trinajstić information content (AvgIpc) is 3.19. The number of hydrogen-bond donors (Lipinski definition) is 2. The summed E-state index contributed by atoms with van der Waals surface area (Å²) in [4.78, 5) is 26.9. The summed E-state index contributed by atoms with van der Waals surface area (Å²) in [6.07, 6.45) is 5.81. The zero-order valence-electron chi connectivity index (χ0n) is 13.1. The Morgan fingerprint density at radius 2 is 2.22 bits per heavy atom. The van der Waals surface area contributed by atoms with E-state index in [0.29, 0.717) is 31.0 Å². The molecule has 23 heavy (non-hydrogen) atoms. The zero-order chi connectivity index (χ0) is 16.0. The highest BCUT2D eigenvalue weighted by atomic mass is 16.4. The second-order valence-electron chi connectivity index (χ2n) is 6.71. The molecular weight excluding hydrogens is 294 g/mol. The monoisotopic (exact) mass is 315 g/mol. The molecule has 0 aromatic carbocycles. The number of fused-ring (bicyclic) bond motifs is 2. The predicted molar refractivity (Wildman–Crippen MR) is 86.5 cm³/mol. The Labute approximate surface area is 134 Å². The standard InChI is InChI=1S/C16H21N5O2/c1-20(15-13-2-4-17-14(13)18-9-19-15)12-6-10-3-5-21(16(22)23)8-11(10)7-12/h2,4,9-12H,3,5-8H2,1H3,(H,22,23)(H,17,18,19). The van der Waals surface area contributed by atoms with Crippen molar-refractivity contribution in [2.45, 2.75) is 25.3 Å². The maximum atomic E-state index is 11.2. The maximum absolute atomic E-state index is 11.2. The molecule has 1 saturated heterocycles. The molecule has 0 spiro atoms. The number of nitrogens with one attached hydrogen (secondary N) is 1. The second kappa shape index (κ2) is 5.40. The van der Waals surface area contributed by atoms with Gasteiger partial charge in [0.15, 0.2) is 0 Å².